The number of carbonyl (C=O) groups is 4. The smallest absolute Gasteiger partial charge is 0.408 e. The second kappa shape index (κ2) is 16.7. The molecule has 2 aromatic heterocycles. The van der Waals surface area contributed by atoms with Crippen LogP contribution in [0.25, 0.3) is 10.9 Å². The standard InChI is InChI=1S/C33H39N6O8P/c1-21(2)14-28(48(45,46)19-29(40)41)39-32(43)27(16-25-17-34-20-36-25)37-31(42)26(38-33(44)47-18-22-8-4-3-5-9-22)15-24-11-6-10-23-12-7-13-35-30(23)24/h3-13,17,20-21,26-28H,14-16,18-19H2,1-2H3,(H,34,36)(H,37,42)(H,38,44)(H,39,43)(H,40,41)(H,45,46)/t26-,27-,28?/m1/s1. The summed E-state index contributed by atoms with van der Waals surface area (Å²) in [5, 5.41) is 17.9. The average Bonchev–Trinajstić information content (AvgIpc) is 3.56. The fraction of sp³-hybridized carbons (Fsp3) is 0.333. The Morgan fingerprint density at radius 1 is 0.917 bits per heavy atom. The van der Waals surface area contributed by atoms with Crippen molar-refractivity contribution in [1.29, 1.82) is 0 Å². The summed E-state index contributed by atoms with van der Waals surface area (Å²) in [6, 6.07) is 15.5. The minimum Gasteiger partial charge on any atom is -0.481 e. The zero-order chi connectivity index (χ0) is 34.7. The highest BCUT2D eigenvalue weighted by atomic mass is 31.2. The van der Waals surface area contributed by atoms with E-state index in [1.165, 1.54) is 12.5 Å². The molecular formula is C33H39N6O8P. The predicted octanol–water partition coefficient (Wildman–Crippen LogP) is 3.37. The number of benzene rings is 2. The third-order valence-corrected chi connectivity index (χ3v) is 9.46. The van der Waals surface area contributed by atoms with Crippen molar-refractivity contribution in [3.8, 4) is 0 Å². The SMILES string of the molecule is CC(C)CC(NC(=O)[C@@H](Cc1cnc[nH]1)NC(=O)[C@@H](Cc1cccc2cccnc12)NC(=O)OCc1ccccc1)P(=O)(O)CC(=O)O. The quantitative estimate of drug-likeness (QED) is 0.0951. The van der Waals surface area contributed by atoms with Crippen LogP contribution in [-0.2, 0) is 43.1 Å². The lowest BCUT2D eigenvalue weighted by molar-refractivity contribution is -0.134. The number of para-hydroxylation sites is 1. The number of hydrogen-bond acceptors (Lipinski definition) is 8. The van der Waals surface area contributed by atoms with E-state index in [0.717, 1.165) is 10.9 Å². The van der Waals surface area contributed by atoms with Crippen molar-refractivity contribution in [2.24, 2.45) is 5.92 Å². The molecule has 0 fully saturated rings. The molecule has 0 saturated heterocycles. The molecule has 2 heterocycles. The van der Waals surface area contributed by atoms with Crippen LogP contribution >= 0.6 is 7.37 Å². The molecule has 4 rings (SSSR count). The molecule has 0 aliphatic heterocycles. The Bertz CT molecular complexity index is 1750. The molecule has 0 aliphatic rings. The number of aromatic amines is 1. The first-order chi connectivity index (χ1) is 22.9. The fourth-order valence-corrected chi connectivity index (χ4v) is 6.79. The van der Waals surface area contributed by atoms with Gasteiger partial charge in [-0.05, 0) is 29.5 Å². The number of aliphatic carboxylic acids is 1. The van der Waals surface area contributed by atoms with Crippen molar-refractivity contribution in [1.82, 2.24) is 30.9 Å². The first kappa shape index (κ1) is 35.8. The van der Waals surface area contributed by atoms with Gasteiger partial charge in [0, 0.05) is 36.3 Å². The Kier molecular flexibility index (Phi) is 12.4. The predicted molar refractivity (Wildman–Crippen MR) is 177 cm³/mol. The van der Waals surface area contributed by atoms with Gasteiger partial charge in [0.15, 0.2) is 0 Å². The zero-order valence-electron chi connectivity index (χ0n) is 26.5. The Hall–Kier alpha value is -5.07. The summed E-state index contributed by atoms with van der Waals surface area (Å²) >= 11 is 0. The van der Waals surface area contributed by atoms with Crippen LogP contribution in [0.5, 0.6) is 0 Å². The van der Waals surface area contributed by atoms with E-state index in [-0.39, 0.29) is 31.8 Å². The summed E-state index contributed by atoms with van der Waals surface area (Å²) in [5.41, 5.74) is 2.48. The van der Waals surface area contributed by atoms with Gasteiger partial charge in [-0.1, -0.05) is 68.4 Å². The highest BCUT2D eigenvalue weighted by Gasteiger charge is 2.37. The van der Waals surface area contributed by atoms with Gasteiger partial charge in [0.2, 0.25) is 19.2 Å². The van der Waals surface area contributed by atoms with Crippen LogP contribution in [0.4, 0.5) is 4.79 Å². The van der Waals surface area contributed by atoms with Gasteiger partial charge in [-0.15, -0.1) is 0 Å². The maximum Gasteiger partial charge on any atom is 0.408 e. The summed E-state index contributed by atoms with van der Waals surface area (Å²) in [6.07, 6.45) is 2.46. The topological polar surface area (TPSA) is 213 Å². The number of carbonyl (C=O) groups excluding carboxylic acids is 3. The lowest BCUT2D eigenvalue weighted by Crippen LogP contribution is -2.56. The van der Waals surface area contributed by atoms with Crippen LogP contribution in [-0.4, -0.2) is 72.9 Å². The second-order valence-corrected chi connectivity index (χ2v) is 14.2. The molecule has 15 heteroatoms. The van der Waals surface area contributed by atoms with Gasteiger partial charge >= 0.3 is 12.1 Å². The van der Waals surface area contributed by atoms with Gasteiger partial charge in [0.05, 0.1) is 11.8 Å². The molecule has 254 valence electrons. The molecule has 6 N–H and O–H groups in total. The zero-order valence-corrected chi connectivity index (χ0v) is 27.4. The molecule has 14 nitrogen and oxygen atoms in total. The van der Waals surface area contributed by atoms with Gasteiger partial charge in [-0.3, -0.25) is 23.9 Å². The number of H-pyrrole nitrogens is 1. The molecule has 0 aliphatic carbocycles. The van der Waals surface area contributed by atoms with Crippen molar-refractivity contribution in [2.45, 2.75) is 57.6 Å². The number of ether oxygens (including phenoxy) is 1. The molecule has 4 atom stereocenters. The summed E-state index contributed by atoms with van der Waals surface area (Å²) < 4.78 is 18.4. The van der Waals surface area contributed by atoms with Crippen LogP contribution in [0.15, 0.2) is 79.4 Å². The summed E-state index contributed by atoms with van der Waals surface area (Å²) in [4.78, 5) is 73.9. The van der Waals surface area contributed by atoms with E-state index in [9.17, 15) is 33.7 Å². The number of carboxylic acids is 1. The minimum atomic E-state index is -4.40. The second-order valence-electron chi connectivity index (χ2n) is 11.8. The van der Waals surface area contributed by atoms with Crippen LogP contribution in [0, 0.1) is 5.92 Å². The Labute approximate surface area is 277 Å². The third kappa shape index (κ3) is 10.5. The molecule has 3 amide bonds. The highest BCUT2D eigenvalue weighted by molar-refractivity contribution is 7.59. The fourth-order valence-electron chi connectivity index (χ4n) is 5.11. The van der Waals surface area contributed by atoms with E-state index in [4.69, 9.17) is 4.74 Å². The molecule has 0 spiro atoms. The number of imidazole rings is 1. The largest absolute Gasteiger partial charge is 0.481 e. The molecule has 4 aromatic rings. The van der Waals surface area contributed by atoms with Gasteiger partial charge in [0.25, 0.3) is 0 Å². The number of hydrogen-bond donors (Lipinski definition) is 6. The van der Waals surface area contributed by atoms with Crippen molar-refractivity contribution < 1.29 is 38.5 Å². The number of pyridine rings is 1. The molecule has 0 saturated carbocycles. The third-order valence-electron chi connectivity index (χ3n) is 7.43. The Morgan fingerprint density at radius 3 is 2.31 bits per heavy atom. The lowest BCUT2D eigenvalue weighted by Gasteiger charge is -2.28. The van der Waals surface area contributed by atoms with Crippen LogP contribution in [0.2, 0.25) is 0 Å². The summed E-state index contributed by atoms with van der Waals surface area (Å²) in [6.45, 7) is 3.48. The van der Waals surface area contributed by atoms with Gasteiger partial charge in [0.1, 0.15) is 30.6 Å². The van der Waals surface area contributed by atoms with E-state index >= 15 is 0 Å². The molecule has 2 aromatic carbocycles. The van der Waals surface area contributed by atoms with E-state index in [1.807, 2.05) is 18.2 Å². The van der Waals surface area contributed by atoms with Crippen molar-refractivity contribution in [3.63, 3.8) is 0 Å². The van der Waals surface area contributed by atoms with Crippen LogP contribution in [0.1, 0.15) is 37.1 Å². The number of aromatic nitrogens is 3. The van der Waals surface area contributed by atoms with E-state index in [1.54, 1.807) is 62.5 Å². The van der Waals surface area contributed by atoms with Crippen molar-refractivity contribution >= 4 is 42.1 Å². The summed E-state index contributed by atoms with van der Waals surface area (Å²) in [5.74, 6) is -4.60. The Morgan fingerprint density at radius 2 is 1.62 bits per heavy atom. The molecule has 48 heavy (non-hydrogen) atoms. The minimum absolute atomic E-state index is 0.0144. The highest BCUT2D eigenvalue weighted by Crippen LogP contribution is 2.47. The average molecular weight is 679 g/mol. The number of rotatable bonds is 16. The van der Waals surface area contributed by atoms with E-state index in [2.05, 4.69) is 30.9 Å². The van der Waals surface area contributed by atoms with Gasteiger partial charge in [-0.2, -0.15) is 0 Å². The van der Waals surface area contributed by atoms with E-state index < -0.39 is 55.3 Å². The van der Waals surface area contributed by atoms with Crippen molar-refractivity contribution in [3.05, 3.63) is 96.2 Å². The van der Waals surface area contributed by atoms with Gasteiger partial charge < -0.3 is 35.7 Å². The summed E-state index contributed by atoms with van der Waals surface area (Å²) in [7, 11) is -4.40. The van der Waals surface area contributed by atoms with Crippen molar-refractivity contribution in [2.75, 3.05) is 6.16 Å². The molecular weight excluding hydrogens is 639 g/mol. The molecule has 0 radical (unpaired) electrons. The van der Waals surface area contributed by atoms with Gasteiger partial charge in [-0.25, -0.2) is 9.78 Å². The maximum atomic E-state index is 14.0. The first-order valence-electron chi connectivity index (χ1n) is 15.3. The number of fused-ring (bicyclic) bond motifs is 1. The lowest BCUT2D eigenvalue weighted by atomic mass is 10.0. The molecule has 2 unspecified atom stereocenters. The number of alkyl carbamates (subject to hydrolysis) is 1. The Balaban J connectivity index is 1.60. The monoisotopic (exact) mass is 678 g/mol. The number of carboxylic acid groups (broad SMARTS) is 1. The number of nitrogens with one attached hydrogen (secondary N) is 4. The van der Waals surface area contributed by atoms with Crippen LogP contribution < -0.4 is 16.0 Å². The maximum absolute atomic E-state index is 14.0. The normalized spacial score (nSPS) is 14.3. The molecule has 0 bridgehead atoms. The first-order valence-corrected chi connectivity index (χ1v) is 17.2. The van der Waals surface area contributed by atoms with Crippen LogP contribution in [0.3, 0.4) is 0 Å². The van der Waals surface area contributed by atoms with E-state index in [0.29, 0.717) is 16.8 Å². The number of amides is 3. The number of nitrogens with zero attached hydrogens (tertiary/aromatic N) is 2.